The summed E-state index contributed by atoms with van der Waals surface area (Å²) in [6, 6.07) is 11.8. The summed E-state index contributed by atoms with van der Waals surface area (Å²) in [6.07, 6.45) is 1.89. The molecule has 2 heterocycles. The smallest absolute Gasteiger partial charge is 0.226 e. The van der Waals surface area contributed by atoms with Gasteiger partial charge in [-0.15, -0.1) is 11.3 Å². The largest absolute Gasteiger partial charge is 0.497 e. The van der Waals surface area contributed by atoms with E-state index in [0.717, 1.165) is 5.56 Å². The number of hydrogen-bond acceptors (Lipinski definition) is 7. The van der Waals surface area contributed by atoms with E-state index >= 15 is 0 Å². The lowest BCUT2D eigenvalue weighted by Gasteiger charge is -2.08. The number of amides is 1. The molecule has 0 aliphatic heterocycles. The van der Waals surface area contributed by atoms with Gasteiger partial charge in [-0.25, -0.2) is 14.4 Å². The predicted octanol–water partition coefficient (Wildman–Crippen LogP) is 5.19. The Labute approximate surface area is 187 Å². The van der Waals surface area contributed by atoms with Crippen LogP contribution in [0.2, 0.25) is 0 Å². The minimum absolute atomic E-state index is 0.151. The third kappa shape index (κ3) is 4.78. The predicted molar refractivity (Wildman–Crippen MR) is 120 cm³/mol. The number of aryl methyl sites for hydroxylation is 1. The first kappa shape index (κ1) is 21.5. The van der Waals surface area contributed by atoms with Gasteiger partial charge in [0.1, 0.15) is 17.3 Å². The van der Waals surface area contributed by atoms with Gasteiger partial charge in [-0.1, -0.05) is 12.1 Å². The summed E-state index contributed by atoms with van der Waals surface area (Å²) in [6.45, 7) is 0. The van der Waals surface area contributed by atoms with E-state index in [0.29, 0.717) is 39.5 Å². The van der Waals surface area contributed by atoms with Gasteiger partial charge in [0, 0.05) is 29.9 Å². The maximum atomic E-state index is 13.9. The van der Waals surface area contributed by atoms with E-state index in [-0.39, 0.29) is 24.6 Å². The zero-order valence-corrected chi connectivity index (χ0v) is 18.2. The lowest BCUT2D eigenvalue weighted by Crippen LogP contribution is -2.12. The first-order valence-corrected chi connectivity index (χ1v) is 10.6. The Morgan fingerprint density at radius 2 is 2.00 bits per heavy atom. The van der Waals surface area contributed by atoms with Gasteiger partial charge in [0.15, 0.2) is 16.8 Å². The molecule has 2 aromatic carbocycles. The van der Waals surface area contributed by atoms with Gasteiger partial charge in [-0.2, -0.15) is 0 Å². The fourth-order valence-corrected chi connectivity index (χ4v) is 3.81. The number of aromatic nitrogens is 2. The van der Waals surface area contributed by atoms with Crippen LogP contribution in [0.15, 0.2) is 58.5 Å². The van der Waals surface area contributed by atoms with Crippen LogP contribution in [-0.2, 0) is 11.2 Å². The van der Waals surface area contributed by atoms with Crippen molar-refractivity contribution in [3.8, 4) is 34.1 Å². The highest BCUT2D eigenvalue weighted by molar-refractivity contribution is 7.14. The number of anilines is 1. The molecule has 0 saturated carbocycles. The lowest BCUT2D eigenvalue weighted by atomic mass is 10.1. The maximum Gasteiger partial charge on any atom is 0.226 e. The molecule has 1 N–H and O–H groups in total. The number of benzene rings is 2. The van der Waals surface area contributed by atoms with Crippen molar-refractivity contribution >= 4 is 22.4 Å². The minimum Gasteiger partial charge on any atom is -0.497 e. The van der Waals surface area contributed by atoms with Crippen LogP contribution in [0.3, 0.4) is 0 Å². The van der Waals surface area contributed by atoms with Gasteiger partial charge in [0.05, 0.1) is 31.7 Å². The van der Waals surface area contributed by atoms with Crippen LogP contribution in [0.5, 0.6) is 11.5 Å². The van der Waals surface area contributed by atoms with Crippen LogP contribution in [-0.4, -0.2) is 30.1 Å². The Morgan fingerprint density at radius 1 is 1.16 bits per heavy atom. The Bertz CT molecular complexity index is 1240. The van der Waals surface area contributed by atoms with Crippen molar-refractivity contribution in [1.29, 1.82) is 0 Å². The molecule has 0 fully saturated rings. The number of halogens is 1. The molecule has 0 unspecified atom stereocenters. The van der Waals surface area contributed by atoms with E-state index in [9.17, 15) is 9.18 Å². The molecule has 2 aromatic heterocycles. The quantitative estimate of drug-likeness (QED) is 0.395. The summed E-state index contributed by atoms with van der Waals surface area (Å²) in [5.41, 5.74) is 1.82. The third-order valence-corrected chi connectivity index (χ3v) is 5.45. The zero-order valence-electron chi connectivity index (χ0n) is 17.4. The Balaban J connectivity index is 1.37. The van der Waals surface area contributed by atoms with E-state index in [1.165, 1.54) is 23.6 Å². The van der Waals surface area contributed by atoms with E-state index in [1.807, 2.05) is 17.5 Å². The van der Waals surface area contributed by atoms with E-state index < -0.39 is 0 Å². The highest BCUT2D eigenvalue weighted by Crippen LogP contribution is 2.35. The van der Waals surface area contributed by atoms with E-state index in [1.54, 1.807) is 38.5 Å². The monoisotopic (exact) mass is 453 g/mol. The number of carbonyl (C=O) groups excluding carboxylic acids is 1. The highest BCUT2D eigenvalue weighted by atomic mass is 32.1. The molecule has 164 valence electrons. The molecular formula is C23H20FN3O4S. The van der Waals surface area contributed by atoms with Crippen LogP contribution in [0.25, 0.3) is 22.6 Å². The molecule has 1 amide bonds. The van der Waals surface area contributed by atoms with Crippen LogP contribution in [0.1, 0.15) is 12.3 Å². The van der Waals surface area contributed by atoms with Gasteiger partial charge >= 0.3 is 0 Å². The highest BCUT2D eigenvalue weighted by Gasteiger charge is 2.15. The number of carbonyl (C=O) groups is 1. The van der Waals surface area contributed by atoms with Crippen molar-refractivity contribution in [3.05, 3.63) is 65.7 Å². The minimum atomic E-state index is -0.388. The second-order valence-corrected chi connectivity index (χ2v) is 7.61. The van der Waals surface area contributed by atoms with Crippen molar-refractivity contribution in [2.75, 3.05) is 19.5 Å². The zero-order chi connectivity index (χ0) is 22.5. The van der Waals surface area contributed by atoms with E-state index in [2.05, 4.69) is 15.3 Å². The van der Waals surface area contributed by atoms with Gasteiger partial charge in [0.25, 0.3) is 0 Å². The first-order valence-electron chi connectivity index (χ1n) is 9.74. The number of thiazole rings is 1. The fourth-order valence-electron chi connectivity index (χ4n) is 3.08. The molecule has 0 aliphatic rings. The SMILES string of the molecule is COc1ccc(-c2csc(NC(=O)CCc3ncc(-c4ccccc4F)o3)n2)c(OC)c1. The maximum absolute atomic E-state index is 13.9. The van der Waals surface area contributed by atoms with Crippen molar-refractivity contribution in [3.63, 3.8) is 0 Å². The average Bonchev–Trinajstić information content (AvgIpc) is 3.47. The third-order valence-electron chi connectivity index (χ3n) is 4.69. The molecule has 4 aromatic rings. The van der Waals surface area contributed by atoms with Gasteiger partial charge in [-0.3, -0.25) is 4.79 Å². The molecule has 0 saturated heterocycles. The number of nitrogens with zero attached hydrogens (tertiary/aromatic N) is 2. The molecular weight excluding hydrogens is 433 g/mol. The number of hydrogen-bond donors (Lipinski definition) is 1. The fraction of sp³-hybridized carbons (Fsp3) is 0.174. The van der Waals surface area contributed by atoms with Gasteiger partial charge in [-0.05, 0) is 24.3 Å². The number of oxazole rings is 1. The molecule has 0 spiro atoms. The summed E-state index contributed by atoms with van der Waals surface area (Å²) in [5, 5.41) is 5.10. The summed E-state index contributed by atoms with van der Waals surface area (Å²) < 4.78 is 30.1. The lowest BCUT2D eigenvalue weighted by molar-refractivity contribution is -0.116. The summed E-state index contributed by atoms with van der Waals surface area (Å²) in [5.74, 6) is 1.39. The number of ether oxygens (including phenoxy) is 2. The molecule has 0 bridgehead atoms. The van der Waals surface area contributed by atoms with Crippen molar-refractivity contribution in [2.45, 2.75) is 12.8 Å². The Hall–Kier alpha value is -3.72. The normalized spacial score (nSPS) is 10.7. The molecule has 4 rings (SSSR count). The van der Waals surface area contributed by atoms with Crippen LogP contribution >= 0.6 is 11.3 Å². The topological polar surface area (TPSA) is 86.5 Å². The second kappa shape index (κ2) is 9.61. The Kier molecular flexibility index (Phi) is 6.46. The molecule has 0 aliphatic carbocycles. The van der Waals surface area contributed by atoms with Crippen LogP contribution in [0.4, 0.5) is 9.52 Å². The van der Waals surface area contributed by atoms with Crippen molar-refractivity contribution < 1.29 is 23.1 Å². The average molecular weight is 453 g/mol. The Morgan fingerprint density at radius 3 is 2.78 bits per heavy atom. The molecule has 32 heavy (non-hydrogen) atoms. The first-order chi connectivity index (χ1) is 15.6. The van der Waals surface area contributed by atoms with Crippen molar-refractivity contribution in [2.24, 2.45) is 0 Å². The molecule has 0 radical (unpaired) electrons. The number of methoxy groups -OCH3 is 2. The van der Waals surface area contributed by atoms with Crippen LogP contribution < -0.4 is 14.8 Å². The van der Waals surface area contributed by atoms with Gasteiger partial charge in [0.2, 0.25) is 5.91 Å². The molecule has 7 nitrogen and oxygen atoms in total. The van der Waals surface area contributed by atoms with Gasteiger partial charge < -0.3 is 19.2 Å². The molecule has 0 atom stereocenters. The number of rotatable bonds is 8. The summed E-state index contributed by atoms with van der Waals surface area (Å²) in [7, 11) is 3.16. The standard InChI is InChI=1S/C23H20FN3O4S/c1-29-14-7-8-16(19(11-14)30-2)18-13-32-23(26-18)27-21(28)9-10-22-25-12-20(31-22)15-5-3-4-6-17(15)24/h3-8,11-13H,9-10H2,1-2H3,(H,26,27,28). The summed E-state index contributed by atoms with van der Waals surface area (Å²) in [4.78, 5) is 21.0. The van der Waals surface area contributed by atoms with Crippen LogP contribution in [0, 0.1) is 5.82 Å². The second-order valence-electron chi connectivity index (χ2n) is 6.75. The molecule has 9 heteroatoms. The van der Waals surface area contributed by atoms with E-state index in [4.69, 9.17) is 13.9 Å². The summed E-state index contributed by atoms with van der Waals surface area (Å²) >= 11 is 1.32. The van der Waals surface area contributed by atoms with Crippen molar-refractivity contribution in [1.82, 2.24) is 9.97 Å². The number of nitrogens with one attached hydrogen (secondary N) is 1.